The predicted octanol–water partition coefficient (Wildman–Crippen LogP) is 4.97. The number of aryl methyl sites for hydroxylation is 1. The Balaban J connectivity index is 2.23. The maximum absolute atomic E-state index is 13.7. The number of aromatic hydroxyl groups is 1. The first-order valence-corrected chi connectivity index (χ1v) is 7.68. The second-order valence-corrected chi connectivity index (χ2v) is 6.42. The average Bonchev–Trinajstić information content (AvgIpc) is 2.44. The fourth-order valence-electron chi connectivity index (χ4n) is 4.43. The number of fused-ring (bicyclic) bond motifs is 3. The fourth-order valence-corrected chi connectivity index (χ4v) is 4.83. The van der Waals surface area contributed by atoms with Crippen LogP contribution in [0, 0.1) is 11.7 Å². The number of benzene rings is 1. The molecule has 1 unspecified atom stereocenters. The molecule has 2 atom stereocenters. The number of rotatable bonds is 1. The molecule has 0 saturated heterocycles. The lowest BCUT2D eigenvalue weighted by Gasteiger charge is -2.49. The molecule has 0 radical (unpaired) electrons. The van der Waals surface area contributed by atoms with E-state index in [9.17, 15) is 9.50 Å². The lowest BCUT2D eigenvalue weighted by molar-refractivity contribution is 0.153. The van der Waals surface area contributed by atoms with E-state index in [0.29, 0.717) is 5.92 Å². The molecule has 0 aliphatic heterocycles. The molecule has 1 aromatic carbocycles. The highest BCUT2D eigenvalue weighted by atomic mass is 35.5. The molecule has 0 aromatic heterocycles. The topological polar surface area (TPSA) is 20.2 Å². The van der Waals surface area contributed by atoms with Crippen LogP contribution in [0.4, 0.5) is 4.39 Å². The first kappa shape index (κ1) is 13.2. The van der Waals surface area contributed by atoms with Crippen molar-refractivity contribution in [3.63, 3.8) is 0 Å². The van der Waals surface area contributed by atoms with Crippen molar-refractivity contribution in [2.45, 2.75) is 57.3 Å². The van der Waals surface area contributed by atoms with Crippen LogP contribution in [0.5, 0.6) is 5.75 Å². The Morgan fingerprint density at radius 3 is 2.95 bits per heavy atom. The van der Waals surface area contributed by atoms with E-state index in [1.54, 1.807) is 0 Å². The molecule has 1 nitrogen and oxygen atoms in total. The van der Waals surface area contributed by atoms with Gasteiger partial charge in [0.2, 0.25) is 0 Å². The largest absolute Gasteiger partial charge is 0.504 e. The number of hydrogen-bond acceptors (Lipinski definition) is 1. The lowest BCUT2D eigenvalue weighted by atomic mass is 9.56. The zero-order valence-corrected chi connectivity index (χ0v) is 12.1. The first-order valence-electron chi connectivity index (χ1n) is 7.30. The summed E-state index contributed by atoms with van der Waals surface area (Å²) in [6, 6.07) is 1.50. The van der Waals surface area contributed by atoms with Crippen LogP contribution in [-0.4, -0.2) is 5.11 Å². The van der Waals surface area contributed by atoms with Gasteiger partial charge in [0.25, 0.3) is 0 Å². The molecule has 1 N–H and O–H groups in total. The first-order chi connectivity index (χ1) is 9.10. The van der Waals surface area contributed by atoms with Gasteiger partial charge in [0.05, 0.1) is 5.02 Å². The Bertz CT molecular complexity index is 514. The summed E-state index contributed by atoms with van der Waals surface area (Å²) in [6.45, 7) is 2.20. The summed E-state index contributed by atoms with van der Waals surface area (Å²) >= 11 is 6.31. The molecule has 1 fully saturated rings. The molecule has 0 spiro atoms. The molecular weight excluding hydrogens is 263 g/mol. The monoisotopic (exact) mass is 282 g/mol. The Hall–Kier alpha value is -0.760. The van der Waals surface area contributed by atoms with Crippen LogP contribution in [0.15, 0.2) is 6.07 Å². The predicted molar refractivity (Wildman–Crippen MR) is 75.3 cm³/mol. The van der Waals surface area contributed by atoms with Gasteiger partial charge in [-0.2, -0.15) is 0 Å². The number of halogens is 2. The minimum Gasteiger partial charge on any atom is -0.504 e. The van der Waals surface area contributed by atoms with Crippen molar-refractivity contribution in [2.24, 2.45) is 5.92 Å². The third-order valence-corrected chi connectivity index (χ3v) is 5.74. The van der Waals surface area contributed by atoms with Gasteiger partial charge in [0.15, 0.2) is 11.6 Å². The van der Waals surface area contributed by atoms with Crippen LogP contribution >= 0.6 is 11.6 Å². The molecule has 104 valence electrons. The number of hydrogen-bond donors (Lipinski definition) is 1. The molecular formula is C16H20ClFO. The highest BCUT2D eigenvalue weighted by Gasteiger charge is 2.46. The van der Waals surface area contributed by atoms with Crippen LogP contribution in [0.25, 0.3) is 0 Å². The van der Waals surface area contributed by atoms with E-state index in [4.69, 9.17) is 11.6 Å². The van der Waals surface area contributed by atoms with Gasteiger partial charge in [-0.1, -0.05) is 31.4 Å². The second-order valence-electron chi connectivity index (χ2n) is 6.05. The van der Waals surface area contributed by atoms with Crippen LogP contribution in [-0.2, 0) is 11.8 Å². The number of phenolic OH excluding ortho intramolecular Hbond substituents is 1. The van der Waals surface area contributed by atoms with Crippen molar-refractivity contribution in [1.29, 1.82) is 0 Å². The van der Waals surface area contributed by atoms with Gasteiger partial charge in [-0.3, -0.25) is 0 Å². The number of phenols is 1. The maximum atomic E-state index is 13.7. The normalized spacial score (nSPS) is 29.7. The van der Waals surface area contributed by atoms with Crippen molar-refractivity contribution < 1.29 is 9.50 Å². The standard InChI is InChI=1S/C16H20ClFO/c1-2-16-8-4-3-5-11(16)7-6-10-9-12(18)15(19)14(17)13(10)16/h9,11,19H,2-8H2,1H3/t11?,16-/m1/s1. The van der Waals surface area contributed by atoms with E-state index in [1.807, 2.05) is 0 Å². The molecule has 19 heavy (non-hydrogen) atoms. The molecule has 1 saturated carbocycles. The van der Waals surface area contributed by atoms with Gasteiger partial charge in [0, 0.05) is 0 Å². The average molecular weight is 283 g/mol. The Labute approximate surface area is 118 Å². The molecule has 1 aromatic rings. The van der Waals surface area contributed by atoms with Gasteiger partial charge >= 0.3 is 0 Å². The molecule has 2 aliphatic carbocycles. The van der Waals surface area contributed by atoms with Crippen LogP contribution in [0.1, 0.15) is 56.6 Å². The molecule has 0 heterocycles. The van der Waals surface area contributed by atoms with Gasteiger partial charge in [-0.05, 0) is 60.6 Å². The lowest BCUT2D eigenvalue weighted by Crippen LogP contribution is -2.41. The quantitative estimate of drug-likeness (QED) is 0.771. The minimum absolute atomic E-state index is 0.0636. The highest BCUT2D eigenvalue weighted by molar-refractivity contribution is 6.33. The fraction of sp³-hybridized carbons (Fsp3) is 0.625. The van der Waals surface area contributed by atoms with E-state index >= 15 is 0 Å². The Kier molecular flexibility index (Phi) is 3.24. The Morgan fingerprint density at radius 1 is 1.42 bits per heavy atom. The van der Waals surface area contributed by atoms with Crippen molar-refractivity contribution in [3.8, 4) is 5.75 Å². The molecule has 0 amide bonds. The Morgan fingerprint density at radius 2 is 2.21 bits per heavy atom. The zero-order valence-electron chi connectivity index (χ0n) is 11.3. The van der Waals surface area contributed by atoms with E-state index in [1.165, 1.54) is 25.3 Å². The summed E-state index contributed by atoms with van der Waals surface area (Å²) in [5.41, 5.74) is 2.13. The van der Waals surface area contributed by atoms with Crippen molar-refractivity contribution >= 4 is 11.6 Å². The van der Waals surface area contributed by atoms with Gasteiger partial charge in [-0.15, -0.1) is 0 Å². The summed E-state index contributed by atoms with van der Waals surface area (Å²) in [7, 11) is 0. The summed E-state index contributed by atoms with van der Waals surface area (Å²) in [6.07, 6.45) is 7.88. The molecule has 2 aliphatic rings. The third-order valence-electron chi connectivity index (χ3n) is 5.37. The summed E-state index contributed by atoms with van der Waals surface area (Å²) in [5.74, 6) is -0.301. The molecule has 0 bridgehead atoms. The smallest absolute Gasteiger partial charge is 0.170 e. The van der Waals surface area contributed by atoms with Gasteiger partial charge in [0.1, 0.15) is 0 Å². The summed E-state index contributed by atoms with van der Waals surface area (Å²) in [5, 5.41) is 10.1. The molecule has 3 heteroatoms. The second kappa shape index (κ2) is 4.66. The third kappa shape index (κ3) is 1.79. The summed E-state index contributed by atoms with van der Waals surface area (Å²) < 4.78 is 13.7. The minimum atomic E-state index is -0.579. The highest BCUT2D eigenvalue weighted by Crippen LogP contribution is 2.55. The van der Waals surface area contributed by atoms with Crippen LogP contribution in [0.2, 0.25) is 5.02 Å². The van der Waals surface area contributed by atoms with E-state index < -0.39 is 5.82 Å². The van der Waals surface area contributed by atoms with Crippen molar-refractivity contribution in [1.82, 2.24) is 0 Å². The maximum Gasteiger partial charge on any atom is 0.170 e. The summed E-state index contributed by atoms with van der Waals surface area (Å²) in [4.78, 5) is 0. The van der Waals surface area contributed by atoms with Crippen LogP contribution in [0.3, 0.4) is 0 Å². The van der Waals surface area contributed by atoms with Crippen LogP contribution < -0.4 is 0 Å². The van der Waals surface area contributed by atoms with E-state index in [-0.39, 0.29) is 16.2 Å². The van der Waals surface area contributed by atoms with E-state index in [0.717, 1.165) is 36.8 Å². The SMILES string of the molecule is CC[C@@]12CCCCC1CCc1cc(F)c(O)c(Cl)c12. The van der Waals surface area contributed by atoms with E-state index in [2.05, 4.69) is 6.92 Å². The van der Waals surface area contributed by atoms with Crippen molar-refractivity contribution in [3.05, 3.63) is 28.0 Å². The zero-order chi connectivity index (χ0) is 13.6. The molecule has 3 rings (SSSR count). The van der Waals surface area contributed by atoms with Crippen molar-refractivity contribution in [2.75, 3.05) is 0 Å². The van der Waals surface area contributed by atoms with Gasteiger partial charge < -0.3 is 5.11 Å². The van der Waals surface area contributed by atoms with Gasteiger partial charge in [-0.25, -0.2) is 4.39 Å².